The Kier molecular flexibility index (Phi) is 6.67. The molecule has 2 N–H and O–H groups in total. The topological polar surface area (TPSA) is 72.1 Å². The zero-order valence-corrected chi connectivity index (χ0v) is 14.1. The lowest BCUT2D eigenvalue weighted by molar-refractivity contribution is 0.294. The van der Waals surface area contributed by atoms with Gasteiger partial charge in [0.25, 0.3) is 0 Å². The van der Waals surface area contributed by atoms with Gasteiger partial charge in [0.2, 0.25) is 0 Å². The SMILES string of the molecule is CCOc1ccc(OCc2nc(C3CCNCC3)n[nH]2)cc1.Cl. The van der Waals surface area contributed by atoms with E-state index in [1.807, 2.05) is 31.2 Å². The number of hydrogen-bond donors (Lipinski definition) is 2. The van der Waals surface area contributed by atoms with Gasteiger partial charge in [0, 0.05) is 5.92 Å². The smallest absolute Gasteiger partial charge is 0.162 e. The van der Waals surface area contributed by atoms with Crippen LogP contribution in [0.25, 0.3) is 0 Å². The van der Waals surface area contributed by atoms with Gasteiger partial charge in [0.15, 0.2) is 11.6 Å². The van der Waals surface area contributed by atoms with Crippen LogP contribution in [0.5, 0.6) is 11.5 Å². The third-order valence-electron chi connectivity index (χ3n) is 3.76. The van der Waals surface area contributed by atoms with Crippen molar-refractivity contribution in [3.63, 3.8) is 0 Å². The molecule has 0 aliphatic carbocycles. The van der Waals surface area contributed by atoms with Gasteiger partial charge in [-0.05, 0) is 57.1 Å². The maximum absolute atomic E-state index is 5.72. The van der Waals surface area contributed by atoms with E-state index in [4.69, 9.17) is 9.47 Å². The molecule has 126 valence electrons. The second-order valence-corrected chi connectivity index (χ2v) is 5.36. The summed E-state index contributed by atoms with van der Waals surface area (Å²) in [5.74, 6) is 3.77. The van der Waals surface area contributed by atoms with Crippen molar-refractivity contribution in [1.82, 2.24) is 20.5 Å². The quantitative estimate of drug-likeness (QED) is 0.847. The van der Waals surface area contributed by atoms with Gasteiger partial charge in [-0.3, -0.25) is 5.10 Å². The van der Waals surface area contributed by atoms with E-state index in [0.717, 1.165) is 49.1 Å². The van der Waals surface area contributed by atoms with Crippen molar-refractivity contribution in [2.75, 3.05) is 19.7 Å². The Morgan fingerprint density at radius 3 is 2.39 bits per heavy atom. The summed E-state index contributed by atoms with van der Waals surface area (Å²) in [6, 6.07) is 7.60. The highest BCUT2D eigenvalue weighted by Crippen LogP contribution is 2.22. The van der Waals surface area contributed by atoms with E-state index in [0.29, 0.717) is 19.1 Å². The minimum Gasteiger partial charge on any atom is -0.494 e. The lowest BCUT2D eigenvalue weighted by Crippen LogP contribution is -2.27. The summed E-state index contributed by atoms with van der Waals surface area (Å²) in [6.45, 7) is 5.10. The summed E-state index contributed by atoms with van der Waals surface area (Å²) in [5.41, 5.74) is 0. The van der Waals surface area contributed by atoms with Crippen LogP contribution in [0.1, 0.15) is 37.3 Å². The van der Waals surface area contributed by atoms with Crippen molar-refractivity contribution in [2.24, 2.45) is 0 Å². The number of piperidine rings is 1. The minimum atomic E-state index is 0. The van der Waals surface area contributed by atoms with Gasteiger partial charge in [0.1, 0.15) is 18.1 Å². The zero-order valence-electron chi connectivity index (χ0n) is 13.2. The number of aromatic nitrogens is 3. The molecular weight excluding hydrogens is 316 g/mol. The molecule has 1 aromatic carbocycles. The standard InChI is InChI=1S/C16H22N4O2.ClH/c1-2-21-13-3-5-14(6-4-13)22-11-15-18-16(20-19-15)12-7-9-17-10-8-12;/h3-6,12,17H,2,7-11H2,1H3,(H,18,19,20);1H. The van der Waals surface area contributed by atoms with E-state index in [9.17, 15) is 0 Å². The summed E-state index contributed by atoms with van der Waals surface area (Å²) in [6.07, 6.45) is 2.19. The lowest BCUT2D eigenvalue weighted by atomic mass is 9.98. The molecule has 0 bridgehead atoms. The molecule has 0 atom stereocenters. The van der Waals surface area contributed by atoms with Gasteiger partial charge in [-0.1, -0.05) is 0 Å². The van der Waals surface area contributed by atoms with E-state index in [-0.39, 0.29) is 12.4 Å². The molecule has 1 aromatic heterocycles. The first-order chi connectivity index (χ1) is 10.8. The van der Waals surface area contributed by atoms with Crippen molar-refractivity contribution in [3.8, 4) is 11.5 Å². The summed E-state index contributed by atoms with van der Waals surface area (Å²) in [4.78, 5) is 4.55. The first kappa shape index (κ1) is 17.6. The Hall–Kier alpha value is -1.79. The van der Waals surface area contributed by atoms with Crippen LogP contribution in [0.4, 0.5) is 0 Å². The van der Waals surface area contributed by atoms with Gasteiger partial charge in [-0.25, -0.2) is 4.98 Å². The number of nitrogens with one attached hydrogen (secondary N) is 2. The molecule has 1 aliphatic heterocycles. The first-order valence-corrected chi connectivity index (χ1v) is 7.82. The van der Waals surface area contributed by atoms with Crippen molar-refractivity contribution >= 4 is 12.4 Å². The largest absolute Gasteiger partial charge is 0.494 e. The fourth-order valence-corrected chi connectivity index (χ4v) is 2.59. The normalized spacial score (nSPS) is 15.0. The summed E-state index contributed by atoms with van der Waals surface area (Å²) in [7, 11) is 0. The number of aromatic amines is 1. The minimum absolute atomic E-state index is 0. The Morgan fingerprint density at radius 1 is 1.09 bits per heavy atom. The van der Waals surface area contributed by atoms with Crippen molar-refractivity contribution < 1.29 is 9.47 Å². The van der Waals surface area contributed by atoms with Crippen molar-refractivity contribution in [3.05, 3.63) is 35.9 Å². The number of ether oxygens (including phenoxy) is 2. The lowest BCUT2D eigenvalue weighted by Gasteiger charge is -2.19. The van der Waals surface area contributed by atoms with Crippen molar-refractivity contribution in [2.45, 2.75) is 32.3 Å². The van der Waals surface area contributed by atoms with Crippen LogP contribution < -0.4 is 14.8 Å². The van der Waals surface area contributed by atoms with E-state index in [2.05, 4.69) is 20.5 Å². The molecule has 6 nitrogen and oxygen atoms in total. The average Bonchev–Trinajstić information content (AvgIpc) is 3.04. The van der Waals surface area contributed by atoms with Gasteiger partial charge in [-0.15, -0.1) is 12.4 Å². The maximum Gasteiger partial charge on any atom is 0.162 e. The van der Waals surface area contributed by atoms with E-state index in [1.165, 1.54) is 0 Å². The van der Waals surface area contributed by atoms with Crippen LogP contribution in [0.15, 0.2) is 24.3 Å². The first-order valence-electron chi connectivity index (χ1n) is 7.82. The predicted molar refractivity (Wildman–Crippen MR) is 90.4 cm³/mol. The second kappa shape index (κ2) is 8.74. The molecule has 1 aliphatic rings. The van der Waals surface area contributed by atoms with Crippen LogP contribution in [0, 0.1) is 0 Å². The third kappa shape index (κ3) is 4.84. The molecule has 0 radical (unpaired) electrons. The highest BCUT2D eigenvalue weighted by molar-refractivity contribution is 5.85. The van der Waals surface area contributed by atoms with E-state index < -0.39 is 0 Å². The zero-order chi connectivity index (χ0) is 15.2. The molecule has 1 saturated heterocycles. The highest BCUT2D eigenvalue weighted by Gasteiger charge is 2.19. The summed E-state index contributed by atoms with van der Waals surface area (Å²) in [5, 5.41) is 10.7. The fourth-order valence-electron chi connectivity index (χ4n) is 2.59. The second-order valence-electron chi connectivity index (χ2n) is 5.36. The monoisotopic (exact) mass is 338 g/mol. The molecule has 0 saturated carbocycles. The van der Waals surface area contributed by atoms with Crippen LogP contribution in [0.2, 0.25) is 0 Å². The fraction of sp³-hybridized carbons (Fsp3) is 0.500. The number of hydrogen-bond acceptors (Lipinski definition) is 5. The van der Waals surface area contributed by atoms with Gasteiger partial charge in [0.05, 0.1) is 6.61 Å². The van der Waals surface area contributed by atoms with Gasteiger partial charge in [-0.2, -0.15) is 5.10 Å². The molecule has 3 rings (SSSR count). The molecule has 7 heteroatoms. The number of rotatable bonds is 6. The Bertz CT molecular complexity index is 582. The molecule has 23 heavy (non-hydrogen) atoms. The maximum atomic E-state index is 5.72. The van der Waals surface area contributed by atoms with Crippen LogP contribution >= 0.6 is 12.4 Å². The number of benzene rings is 1. The molecule has 2 heterocycles. The van der Waals surface area contributed by atoms with Crippen LogP contribution in [0.3, 0.4) is 0 Å². The van der Waals surface area contributed by atoms with Crippen molar-refractivity contribution in [1.29, 1.82) is 0 Å². The van der Waals surface area contributed by atoms with Gasteiger partial charge >= 0.3 is 0 Å². The number of nitrogens with zero attached hydrogens (tertiary/aromatic N) is 2. The number of halogens is 1. The van der Waals surface area contributed by atoms with E-state index >= 15 is 0 Å². The van der Waals surface area contributed by atoms with Crippen LogP contribution in [-0.4, -0.2) is 34.9 Å². The highest BCUT2D eigenvalue weighted by atomic mass is 35.5. The molecule has 0 spiro atoms. The van der Waals surface area contributed by atoms with Gasteiger partial charge < -0.3 is 14.8 Å². The summed E-state index contributed by atoms with van der Waals surface area (Å²) >= 11 is 0. The summed E-state index contributed by atoms with van der Waals surface area (Å²) < 4.78 is 11.1. The molecule has 0 amide bonds. The Morgan fingerprint density at radius 2 is 1.74 bits per heavy atom. The molecule has 1 fully saturated rings. The Labute approximate surface area is 142 Å². The number of H-pyrrole nitrogens is 1. The van der Waals surface area contributed by atoms with E-state index in [1.54, 1.807) is 0 Å². The predicted octanol–water partition coefficient (Wildman–Crippen LogP) is 2.67. The molecule has 0 unspecified atom stereocenters. The third-order valence-corrected chi connectivity index (χ3v) is 3.76. The molecular formula is C16H23ClN4O2. The average molecular weight is 339 g/mol. The molecule has 2 aromatic rings. The van der Waals surface area contributed by atoms with Crippen LogP contribution in [-0.2, 0) is 6.61 Å². The Balaban J connectivity index is 0.00000192.